The van der Waals surface area contributed by atoms with Crippen molar-refractivity contribution in [2.75, 3.05) is 6.54 Å². The highest BCUT2D eigenvalue weighted by Gasteiger charge is 2.22. The molecule has 1 heterocycles. The molecule has 0 aliphatic rings. The van der Waals surface area contributed by atoms with Gasteiger partial charge in [0.25, 0.3) is 0 Å². The number of hydrogen-bond acceptors (Lipinski definition) is 2. The zero-order valence-electron chi connectivity index (χ0n) is 11.8. The first-order valence-corrected chi connectivity index (χ1v) is 7.89. The smallest absolute Gasteiger partial charge is 0.154 e. The number of benzene rings is 1. The fourth-order valence-electron chi connectivity index (χ4n) is 2.24. The van der Waals surface area contributed by atoms with Crippen molar-refractivity contribution in [2.45, 2.75) is 33.2 Å². The Morgan fingerprint density at radius 2 is 1.85 bits per heavy atom. The molecular weight excluding hydrogens is 317 g/mol. The molecule has 1 unspecified atom stereocenters. The molecule has 1 atom stereocenters. The van der Waals surface area contributed by atoms with Gasteiger partial charge in [-0.3, -0.25) is 0 Å². The van der Waals surface area contributed by atoms with Gasteiger partial charge in [-0.05, 0) is 31.0 Å². The highest BCUT2D eigenvalue weighted by molar-refractivity contribution is 6.47. The Bertz CT molecular complexity index is 607. The molecular formula is C15H18Cl3NO. The Morgan fingerprint density at radius 1 is 1.15 bits per heavy atom. The molecule has 0 bridgehead atoms. The molecule has 5 heteroatoms. The first-order chi connectivity index (χ1) is 9.45. The molecule has 0 aliphatic carbocycles. The van der Waals surface area contributed by atoms with E-state index in [4.69, 9.17) is 39.2 Å². The summed E-state index contributed by atoms with van der Waals surface area (Å²) in [4.78, 5) is 0. The predicted molar refractivity (Wildman–Crippen MR) is 87.1 cm³/mol. The number of hydrogen-bond donors (Lipinski definition) is 1. The van der Waals surface area contributed by atoms with Gasteiger partial charge in [0, 0.05) is 5.39 Å². The van der Waals surface area contributed by atoms with Crippen molar-refractivity contribution in [3.8, 4) is 0 Å². The number of furan rings is 1. The Morgan fingerprint density at radius 3 is 2.45 bits per heavy atom. The third kappa shape index (κ3) is 3.09. The van der Waals surface area contributed by atoms with E-state index in [1.54, 1.807) is 6.07 Å². The van der Waals surface area contributed by atoms with Crippen LogP contribution in [0.15, 0.2) is 16.5 Å². The summed E-state index contributed by atoms with van der Waals surface area (Å²) in [5.74, 6) is 1.24. The molecule has 1 aromatic heterocycles. The van der Waals surface area contributed by atoms with Crippen LogP contribution in [0.4, 0.5) is 0 Å². The minimum Gasteiger partial charge on any atom is -0.458 e. The summed E-state index contributed by atoms with van der Waals surface area (Å²) in [6.45, 7) is 7.37. The maximum absolute atomic E-state index is 6.23. The Kier molecular flexibility index (Phi) is 5.25. The fourth-order valence-corrected chi connectivity index (χ4v) is 2.95. The van der Waals surface area contributed by atoms with Crippen LogP contribution in [0.3, 0.4) is 0 Å². The van der Waals surface area contributed by atoms with Gasteiger partial charge < -0.3 is 9.73 Å². The minimum absolute atomic E-state index is 0.133. The van der Waals surface area contributed by atoms with Gasteiger partial charge in [0.1, 0.15) is 5.76 Å². The van der Waals surface area contributed by atoms with Crippen LogP contribution in [0.5, 0.6) is 0 Å². The standard InChI is InChI=1S/C15H18Cl3NO/c1-4-5-19-14(8(2)3)12-6-9-13(18)10(16)7-11(17)15(9)20-12/h6-8,14,19H,4-5H2,1-3H3. The molecule has 2 aromatic rings. The van der Waals surface area contributed by atoms with Crippen molar-refractivity contribution < 1.29 is 4.42 Å². The maximum atomic E-state index is 6.23. The highest BCUT2D eigenvalue weighted by Crippen LogP contribution is 2.39. The topological polar surface area (TPSA) is 25.2 Å². The number of halogens is 3. The Balaban J connectivity index is 2.49. The minimum atomic E-state index is 0.133. The lowest BCUT2D eigenvalue weighted by molar-refractivity contribution is 0.351. The number of nitrogens with one attached hydrogen (secondary N) is 1. The van der Waals surface area contributed by atoms with Crippen LogP contribution in [0.2, 0.25) is 15.1 Å². The highest BCUT2D eigenvalue weighted by atomic mass is 35.5. The third-order valence-electron chi connectivity index (χ3n) is 3.26. The average molecular weight is 335 g/mol. The van der Waals surface area contributed by atoms with Crippen LogP contribution >= 0.6 is 34.8 Å². The van der Waals surface area contributed by atoms with Crippen LogP contribution in [-0.4, -0.2) is 6.54 Å². The predicted octanol–water partition coefficient (Wildman–Crippen LogP) is 6.09. The van der Waals surface area contributed by atoms with E-state index in [1.165, 1.54) is 0 Å². The average Bonchev–Trinajstić information content (AvgIpc) is 2.82. The van der Waals surface area contributed by atoms with Gasteiger partial charge in [0.2, 0.25) is 0 Å². The van der Waals surface area contributed by atoms with Crippen LogP contribution in [0, 0.1) is 5.92 Å². The van der Waals surface area contributed by atoms with Gasteiger partial charge in [0.15, 0.2) is 5.58 Å². The van der Waals surface area contributed by atoms with E-state index in [2.05, 4.69) is 26.1 Å². The van der Waals surface area contributed by atoms with E-state index in [0.717, 1.165) is 24.1 Å². The van der Waals surface area contributed by atoms with E-state index >= 15 is 0 Å². The zero-order valence-corrected chi connectivity index (χ0v) is 14.0. The first kappa shape index (κ1) is 16.0. The summed E-state index contributed by atoms with van der Waals surface area (Å²) in [5.41, 5.74) is 0.597. The van der Waals surface area contributed by atoms with Crippen molar-refractivity contribution in [2.24, 2.45) is 5.92 Å². The lowest BCUT2D eigenvalue weighted by Gasteiger charge is -2.19. The summed E-state index contributed by atoms with van der Waals surface area (Å²) < 4.78 is 5.92. The molecule has 0 saturated heterocycles. The summed E-state index contributed by atoms with van der Waals surface area (Å²) in [7, 11) is 0. The van der Waals surface area contributed by atoms with Gasteiger partial charge in [0.05, 0.1) is 21.1 Å². The lowest BCUT2D eigenvalue weighted by Crippen LogP contribution is -2.25. The van der Waals surface area contributed by atoms with Crippen LogP contribution in [-0.2, 0) is 0 Å². The van der Waals surface area contributed by atoms with Crippen LogP contribution < -0.4 is 5.32 Å². The van der Waals surface area contributed by atoms with E-state index in [0.29, 0.717) is 26.6 Å². The molecule has 110 valence electrons. The Hall–Kier alpha value is -0.410. The molecule has 1 N–H and O–H groups in total. The molecule has 0 radical (unpaired) electrons. The van der Waals surface area contributed by atoms with E-state index in [1.807, 2.05) is 6.07 Å². The molecule has 1 aromatic carbocycles. The molecule has 0 spiro atoms. The quantitative estimate of drug-likeness (QED) is 0.669. The van der Waals surface area contributed by atoms with Gasteiger partial charge in [-0.2, -0.15) is 0 Å². The van der Waals surface area contributed by atoms with Crippen LogP contribution in [0.25, 0.3) is 11.0 Å². The van der Waals surface area contributed by atoms with E-state index in [9.17, 15) is 0 Å². The summed E-state index contributed by atoms with van der Waals surface area (Å²) in [6.07, 6.45) is 1.07. The monoisotopic (exact) mass is 333 g/mol. The van der Waals surface area contributed by atoms with Gasteiger partial charge >= 0.3 is 0 Å². The molecule has 0 aliphatic heterocycles. The van der Waals surface area contributed by atoms with Crippen molar-refractivity contribution in [3.63, 3.8) is 0 Å². The molecule has 2 rings (SSSR count). The summed E-state index contributed by atoms with van der Waals surface area (Å²) in [6, 6.07) is 3.68. The van der Waals surface area contributed by atoms with Crippen molar-refractivity contribution in [3.05, 3.63) is 33.0 Å². The number of fused-ring (bicyclic) bond motifs is 1. The summed E-state index contributed by atoms with van der Waals surface area (Å²) in [5, 5.41) is 5.67. The van der Waals surface area contributed by atoms with Crippen molar-refractivity contribution in [1.29, 1.82) is 0 Å². The summed E-state index contributed by atoms with van der Waals surface area (Å²) >= 11 is 18.5. The number of rotatable bonds is 5. The molecule has 0 amide bonds. The molecule has 20 heavy (non-hydrogen) atoms. The van der Waals surface area contributed by atoms with E-state index < -0.39 is 0 Å². The van der Waals surface area contributed by atoms with Crippen molar-refractivity contribution >= 4 is 45.8 Å². The Labute approximate surface area is 134 Å². The second-order valence-electron chi connectivity index (χ2n) is 5.22. The van der Waals surface area contributed by atoms with Gasteiger partial charge in [-0.25, -0.2) is 0 Å². The third-order valence-corrected chi connectivity index (χ3v) is 4.34. The van der Waals surface area contributed by atoms with Crippen LogP contribution in [0.1, 0.15) is 39.0 Å². The lowest BCUT2D eigenvalue weighted by atomic mass is 10.0. The van der Waals surface area contributed by atoms with Gasteiger partial charge in [-0.15, -0.1) is 0 Å². The molecule has 0 saturated carbocycles. The molecule has 0 fully saturated rings. The molecule has 2 nitrogen and oxygen atoms in total. The largest absolute Gasteiger partial charge is 0.458 e. The van der Waals surface area contributed by atoms with Crippen molar-refractivity contribution in [1.82, 2.24) is 5.32 Å². The SMILES string of the molecule is CCCNC(c1cc2c(Cl)c(Cl)cc(Cl)c2o1)C(C)C. The van der Waals surface area contributed by atoms with Gasteiger partial charge in [-0.1, -0.05) is 55.6 Å². The second kappa shape index (κ2) is 6.57. The first-order valence-electron chi connectivity index (χ1n) is 6.76. The fraction of sp³-hybridized carbons (Fsp3) is 0.467. The normalized spacial score (nSPS) is 13.3. The maximum Gasteiger partial charge on any atom is 0.154 e. The second-order valence-corrected chi connectivity index (χ2v) is 6.41. The van der Waals surface area contributed by atoms with E-state index in [-0.39, 0.29) is 6.04 Å². The zero-order chi connectivity index (χ0) is 14.9.